The summed E-state index contributed by atoms with van der Waals surface area (Å²) in [7, 11) is 1.67. The van der Waals surface area contributed by atoms with Gasteiger partial charge in [0, 0.05) is 13.2 Å². The van der Waals surface area contributed by atoms with E-state index in [2.05, 4.69) is 10.4 Å². The number of para-hydroxylation sites is 1. The molecular weight excluding hydrogens is 258 g/mol. The maximum atomic E-state index is 12.1. The lowest BCUT2D eigenvalue weighted by Crippen LogP contribution is -2.18. The lowest BCUT2D eigenvalue weighted by molar-refractivity contribution is 0.0527. The number of nitrogens with one attached hydrogen (secondary N) is 1. The van der Waals surface area contributed by atoms with Crippen molar-refractivity contribution in [2.24, 2.45) is 7.05 Å². The Bertz CT molecular complexity index is 634. The number of anilines is 1. The molecule has 1 amide bonds. The summed E-state index contributed by atoms with van der Waals surface area (Å²) in [4.78, 5) is 23.9. The quantitative estimate of drug-likeness (QED) is 0.863. The van der Waals surface area contributed by atoms with Crippen molar-refractivity contribution in [2.75, 3.05) is 11.9 Å². The number of carbonyl (C=O) groups excluding carboxylic acids is 2. The molecule has 6 nitrogen and oxygen atoms in total. The maximum absolute atomic E-state index is 12.1. The van der Waals surface area contributed by atoms with Gasteiger partial charge in [0.1, 0.15) is 5.69 Å². The molecule has 0 unspecified atom stereocenters. The number of hydrogen-bond donors (Lipinski definition) is 1. The molecule has 0 aliphatic rings. The minimum Gasteiger partial charge on any atom is -0.462 e. The summed E-state index contributed by atoms with van der Waals surface area (Å²) in [5.74, 6) is -0.796. The van der Waals surface area contributed by atoms with Crippen molar-refractivity contribution in [3.05, 3.63) is 47.8 Å². The average Bonchev–Trinajstić information content (AvgIpc) is 2.86. The Hall–Kier alpha value is -2.63. The number of aromatic nitrogens is 2. The number of carbonyl (C=O) groups is 2. The predicted molar refractivity (Wildman–Crippen MR) is 73.6 cm³/mol. The van der Waals surface area contributed by atoms with Gasteiger partial charge in [-0.3, -0.25) is 9.48 Å². The van der Waals surface area contributed by atoms with E-state index in [0.717, 1.165) is 0 Å². The van der Waals surface area contributed by atoms with E-state index >= 15 is 0 Å². The third-order valence-electron chi connectivity index (χ3n) is 2.72. The molecule has 104 valence electrons. The Morgan fingerprint density at radius 2 is 2.05 bits per heavy atom. The maximum Gasteiger partial charge on any atom is 0.340 e. The summed E-state index contributed by atoms with van der Waals surface area (Å²) in [5, 5.41) is 6.62. The summed E-state index contributed by atoms with van der Waals surface area (Å²) >= 11 is 0. The van der Waals surface area contributed by atoms with Gasteiger partial charge in [-0.2, -0.15) is 5.10 Å². The number of amides is 1. The van der Waals surface area contributed by atoms with E-state index in [1.165, 1.54) is 10.9 Å². The highest BCUT2D eigenvalue weighted by Crippen LogP contribution is 2.17. The van der Waals surface area contributed by atoms with Crippen LogP contribution in [-0.4, -0.2) is 28.3 Å². The standard InChI is InChI=1S/C14H15N3O3/c1-3-20-14(19)10-6-4-5-7-11(10)16-13(18)12-8-9-15-17(12)2/h4-9H,3H2,1-2H3,(H,16,18). The van der Waals surface area contributed by atoms with Crippen LogP contribution in [0.4, 0.5) is 5.69 Å². The minimum absolute atomic E-state index is 0.281. The van der Waals surface area contributed by atoms with Crippen molar-refractivity contribution in [1.82, 2.24) is 9.78 Å². The molecule has 20 heavy (non-hydrogen) atoms. The van der Waals surface area contributed by atoms with Crippen LogP contribution in [0, 0.1) is 0 Å². The SMILES string of the molecule is CCOC(=O)c1ccccc1NC(=O)c1ccnn1C. The molecule has 6 heteroatoms. The molecule has 0 aliphatic carbocycles. The third-order valence-corrected chi connectivity index (χ3v) is 2.72. The fourth-order valence-electron chi connectivity index (χ4n) is 1.76. The Labute approximate surface area is 116 Å². The van der Waals surface area contributed by atoms with E-state index in [1.54, 1.807) is 44.3 Å². The highest BCUT2D eigenvalue weighted by molar-refractivity contribution is 6.07. The molecule has 0 spiro atoms. The van der Waals surface area contributed by atoms with E-state index in [1.807, 2.05) is 0 Å². The second-order valence-corrected chi connectivity index (χ2v) is 4.06. The molecule has 0 saturated carbocycles. The van der Waals surface area contributed by atoms with Crippen molar-refractivity contribution in [3.8, 4) is 0 Å². The van der Waals surface area contributed by atoms with E-state index in [-0.39, 0.29) is 12.5 Å². The van der Waals surface area contributed by atoms with Crippen LogP contribution in [0.15, 0.2) is 36.5 Å². The molecule has 0 saturated heterocycles. The second kappa shape index (κ2) is 6.01. The normalized spacial score (nSPS) is 10.1. The van der Waals surface area contributed by atoms with E-state index < -0.39 is 5.97 Å². The van der Waals surface area contributed by atoms with E-state index in [9.17, 15) is 9.59 Å². The van der Waals surface area contributed by atoms with E-state index in [0.29, 0.717) is 16.9 Å². The van der Waals surface area contributed by atoms with Crippen LogP contribution in [-0.2, 0) is 11.8 Å². The monoisotopic (exact) mass is 273 g/mol. The number of rotatable bonds is 4. The Morgan fingerprint density at radius 3 is 2.70 bits per heavy atom. The Balaban J connectivity index is 2.24. The lowest BCUT2D eigenvalue weighted by atomic mass is 10.1. The summed E-state index contributed by atoms with van der Waals surface area (Å²) in [5.41, 5.74) is 1.14. The Kier molecular flexibility index (Phi) is 4.14. The zero-order chi connectivity index (χ0) is 14.5. The van der Waals surface area contributed by atoms with Crippen LogP contribution < -0.4 is 5.32 Å². The van der Waals surface area contributed by atoms with Crippen LogP contribution in [0.5, 0.6) is 0 Å². The first-order valence-electron chi connectivity index (χ1n) is 6.19. The lowest BCUT2D eigenvalue weighted by Gasteiger charge is -2.10. The van der Waals surface area contributed by atoms with Gasteiger partial charge in [0.2, 0.25) is 0 Å². The van der Waals surface area contributed by atoms with Crippen LogP contribution in [0.2, 0.25) is 0 Å². The van der Waals surface area contributed by atoms with Crippen molar-refractivity contribution >= 4 is 17.6 Å². The van der Waals surface area contributed by atoms with Gasteiger partial charge in [0.05, 0.1) is 17.9 Å². The molecule has 0 atom stereocenters. The fourth-order valence-corrected chi connectivity index (χ4v) is 1.76. The molecule has 0 radical (unpaired) electrons. The van der Waals surface area contributed by atoms with Gasteiger partial charge in [0.25, 0.3) is 5.91 Å². The zero-order valence-electron chi connectivity index (χ0n) is 11.3. The predicted octanol–water partition coefficient (Wildman–Crippen LogP) is 1.85. The number of hydrogen-bond acceptors (Lipinski definition) is 4. The van der Waals surface area contributed by atoms with Crippen molar-refractivity contribution in [1.29, 1.82) is 0 Å². The highest BCUT2D eigenvalue weighted by Gasteiger charge is 2.16. The zero-order valence-corrected chi connectivity index (χ0v) is 11.3. The number of nitrogens with zero attached hydrogens (tertiary/aromatic N) is 2. The highest BCUT2D eigenvalue weighted by atomic mass is 16.5. The average molecular weight is 273 g/mol. The van der Waals surface area contributed by atoms with Gasteiger partial charge in [0.15, 0.2) is 0 Å². The summed E-state index contributed by atoms with van der Waals surface area (Å²) < 4.78 is 6.42. The molecule has 1 aromatic carbocycles. The van der Waals surface area contributed by atoms with Gasteiger partial charge in [-0.15, -0.1) is 0 Å². The summed E-state index contributed by atoms with van der Waals surface area (Å²) in [6.45, 7) is 2.01. The minimum atomic E-state index is -0.464. The number of aryl methyl sites for hydroxylation is 1. The van der Waals surface area contributed by atoms with Gasteiger partial charge in [-0.1, -0.05) is 12.1 Å². The molecule has 0 fully saturated rings. The van der Waals surface area contributed by atoms with Gasteiger partial charge >= 0.3 is 5.97 Å². The first kappa shape index (κ1) is 13.8. The largest absolute Gasteiger partial charge is 0.462 e. The van der Waals surface area contributed by atoms with Crippen molar-refractivity contribution < 1.29 is 14.3 Å². The van der Waals surface area contributed by atoms with Crippen LogP contribution in [0.3, 0.4) is 0 Å². The van der Waals surface area contributed by atoms with Gasteiger partial charge in [-0.25, -0.2) is 4.79 Å². The second-order valence-electron chi connectivity index (χ2n) is 4.06. The third kappa shape index (κ3) is 2.85. The number of esters is 1. The van der Waals surface area contributed by atoms with Crippen LogP contribution in [0.25, 0.3) is 0 Å². The van der Waals surface area contributed by atoms with Crippen LogP contribution >= 0.6 is 0 Å². The summed E-state index contributed by atoms with van der Waals surface area (Å²) in [6.07, 6.45) is 1.53. The molecule has 0 aliphatic heterocycles. The first-order chi connectivity index (χ1) is 9.63. The molecule has 1 aromatic heterocycles. The van der Waals surface area contributed by atoms with Gasteiger partial charge < -0.3 is 10.1 Å². The fraction of sp³-hybridized carbons (Fsp3) is 0.214. The first-order valence-corrected chi connectivity index (χ1v) is 6.19. The molecule has 1 N–H and O–H groups in total. The number of ether oxygens (including phenoxy) is 1. The molecule has 2 aromatic rings. The van der Waals surface area contributed by atoms with Crippen LogP contribution in [0.1, 0.15) is 27.8 Å². The van der Waals surface area contributed by atoms with Gasteiger partial charge in [-0.05, 0) is 25.1 Å². The van der Waals surface area contributed by atoms with Crippen molar-refractivity contribution in [3.63, 3.8) is 0 Å². The molecular formula is C14H15N3O3. The smallest absolute Gasteiger partial charge is 0.340 e. The summed E-state index contributed by atoms with van der Waals surface area (Å²) in [6, 6.07) is 8.31. The van der Waals surface area contributed by atoms with Crippen molar-refractivity contribution in [2.45, 2.75) is 6.92 Å². The molecule has 2 rings (SSSR count). The number of benzene rings is 1. The Morgan fingerprint density at radius 1 is 1.30 bits per heavy atom. The topological polar surface area (TPSA) is 73.2 Å². The van der Waals surface area contributed by atoms with E-state index in [4.69, 9.17) is 4.74 Å². The molecule has 1 heterocycles. The molecule has 0 bridgehead atoms.